The second-order valence-corrected chi connectivity index (χ2v) is 4.85. The van der Waals surface area contributed by atoms with Gasteiger partial charge in [-0.25, -0.2) is 0 Å². The molecule has 1 heterocycles. The number of rotatable bonds is 2. The van der Waals surface area contributed by atoms with Gasteiger partial charge < -0.3 is 10.0 Å². The number of amides is 1. The summed E-state index contributed by atoms with van der Waals surface area (Å²) >= 11 is 1.86. The molecular weight excluding hydrogens is 186 g/mol. The molecule has 1 fully saturated rings. The number of carbonyl (C=O) groups is 1. The molecule has 1 atom stereocenters. The van der Waals surface area contributed by atoms with Crippen molar-refractivity contribution in [2.45, 2.75) is 20.0 Å². The highest BCUT2D eigenvalue weighted by Gasteiger charge is 2.25. The highest BCUT2D eigenvalue weighted by atomic mass is 32.2. The predicted octanol–water partition coefficient (Wildman–Crippen LogP) is 0.579. The van der Waals surface area contributed by atoms with E-state index < -0.39 is 6.10 Å². The van der Waals surface area contributed by atoms with Crippen molar-refractivity contribution >= 4 is 17.7 Å². The van der Waals surface area contributed by atoms with Crippen LogP contribution < -0.4 is 0 Å². The summed E-state index contributed by atoms with van der Waals surface area (Å²) in [7, 11) is 0. The van der Waals surface area contributed by atoms with Crippen LogP contribution in [0.3, 0.4) is 0 Å². The van der Waals surface area contributed by atoms with Gasteiger partial charge in [0.2, 0.25) is 0 Å². The first-order valence-electron chi connectivity index (χ1n) is 4.67. The van der Waals surface area contributed by atoms with Gasteiger partial charge >= 0.3 is 0 Å². The molecule has 0 aromatic heterocycles. The molecular formula is C9H17NO2S. The lowest BCUT2D eigenvalue weighted by atomic mass is 10.1. The van der Waals surface area contributed by atoms with Crippen molar-refractivity contribution in [1.29, 1.82) is 0 Å². The molecule has 0 radical (unpaired) electrons. The van der Waals surface area contributed by atoms with Gasteiger partial charge in [0.15, 0.2) is 0 Å². The molecule has 0 aliphatic carbocycles. The fraction of sp³-hybridized carbons (Fsp3) is 0.889. The zero-order valence-electron chi connectivity index (χ0n) is 8.19. The lowest BCUT2D eigenvalue weighted by Gasteiger charge is -2.29. The maximum absolute atomic E-state index is 11.6. The van der Waals surface area contributed by atoms with Crippen molar-refractivity contribution < 1.29 is 9.90 Å². The van der Waals surface area contributed by atoms with Gasteiger partial charge in [0, 0.05) is 24.6 Å². The molecule has 0 spiro atoms. The predicted molar refractivity (Wildman–Crippen MR) is 54.7 cm³/mol. The number of thioether (sulfide) groups is 1. The van der Waals surface area contributed by atoms with Crippen LogP contribution in [0, 0.1) is 5.92 Å². The molecule has 1 N–H and O–H groups in total. The van der Waals surface area contributed by atoms with Gasteiger partial charge in [-0.3, -0.25) is 4.79 Å². The average Bonchev–Trinajstić information content (AvgIpc) is 2.17. The first kappa shape index (κ1) is 10.9. The van der Waals surface area contributed by atoms with Crippen LogP contribution in [-0.4, -0.2) is 46.6 Å². The molecule has 4 heteroatoms. The summed E-state index contributed by atoms with van der Waals surface area (Å²) < 4.78 is 0. The summed E-state index contributed by atoms with van der Waals surface area (Å²) in [5.41, 5.74) is 0. The average molecular weight is 203 g/mol. The lowest BCUT2D eigenvalue weighted by molar-refractivity contribution is -0.141. The Hall–Kier alpha value is -0.220. The molecule has 0 aromatic rings. The van der Waals surface area contributed by atoms with E-state index in [4.69, 9.17) is 0 Å². The number of hydrogen-bond acceptors (Lipinski definition) is 3. The van der Waals surface area contributed by atoms with E-state index in [0.717, 1.165) is 24.6 Å². The number of aliphatic hydroxyl groups excluding tert-OH is 1. The fourth-order valence-electron chi connectivity index (χ4n) is 1.26. The third kappa shape index (κ3) is 2.88. The lowest BCUT2D eigenvalue weighted by Crippen LogP contribution is -2.45. The van der Waals surface area contributed by atoms with Crippen molar-refractivity contribution in [3.05, 3.63) is 0 Å². The topological polar surface area (TPSA) is 40.5 Å². The Morgan fingerprint density at radius 1 is 1.38 bits per heavy atom. The first-order chi connectivity index (χ1) is 6.13. The molecule has 76 valence electrons. The van der Waals surface area contributed by atoms with E-state index in [1.807, 2.05) is 25.6 Å². The maximum atomic E-state index is 11.6. The van der Waals surface area contributed by atoms with Crippen molar-refractivity contribution in [2.24, 2.45) is 5.92 Å². The fourth-order valence-corrected chi connectivity index (χ4v) is 2.16. The van der Waals surface area contributed by atoms with E-state index in [1.165, 1.54) is 0 Å². The minimum atomic E-state index is -0.817. The zero-order chi connectivity index (χ0) is 9.84. The number of hydrogen-bond donors (Lipinski definition) is 1. The SMILES string of the molecule is CC(C)[C@H](O)C(=O)N1CCSCC1. The molecule has 13 heavy (non-hydrogen) atoms. The minimum Gasteiger partial charge on any atom is -0.383 e. The molecule has 1 amide bonds. The van der Waals surface area contributed by atoms with E-state index in [1.54, 1.807) is 4.90 Å². The van der Waals surface area contributed by atoms with E-state index >= 15 is 0 Å². The molecule has 0 saturated carbocycles. The summed E-state index contributed by atoms with van der Waals surface area (Å²) in [4.78, 5) is 13.4. The van der Waals surface area contributed by atoms with Gasteiger partial charge in [-0.1, -0.05) is 13.8 Å². The third-order valence-corrected chi connectivity index (χ3v) is 3.15. The summed E-state index contributed by atoms with van der Waals surface area (Å²) in [5, 5.41) is 9.55. The summed E-state index contributed by atoms with van der Waals surface area (Å²) in [6, 6.07) is 0. The van der Waals surface area contributed by atoms with Gasteiger partial charge in [0.25, 0.3) is 5.91 Å². The van der Waals surface area contributed by atoms with E-state index in [-0.39, 0.29) is 11.8 Å². The Kier molecular flexibility index (Phi) is 4.06. The zero-order valence-corrected chi connectivity index (χ0v) is 9.01. The minimum absolute atomic E-state index is 0.0158. The van der Waals surface area contributed by atoms with Crippen LogP contribution in [0.5, 0.6) is 0 Å². The Balaban J connectivity index is 2.45. The molecule has 1 aliphatic heterocycles. The van der Waals surface area contributed by atoms with Gasteiger partial charge in [-0.05, 0) is 5.92 Å². The van der Waals surface area contributed by atoms with Crippen LogP contribution in [0.25, 0.3) is 0 Å². The van der Waals surface area contributed by atoms with Crippen LogP contribution in [-0.2, 0) is 4.79 Å². The molecule has 1 aliphatic rings. The Labute approximate surface area is 83.5 Å². The van der Waals surface area contributed by atoms with Crippen LogP contribution in [0.2, 0.25) is 0 Å². The Morgan fingerprint density at radius 2 is 1.92 bits per heavy atom. The molecule has 0 bridgehead atoms. The summed E-state index contributed by atoms with van der Waals surface area (Å²) in [5.74, 6) is 1.91. The van der Waals surface area contributed by atoms with Crippen LogP contribution in [0.15, 0.2) is 0 Å². The van der Waals surface area contributed by atoms with Crippen LogP contribution in [0.1, 0.15) is 13.8 Å². The summed E-state index contributed by atoms with van der Waals surface area (Å²) in [6.45, 7) is 5.29. The van der Waals surface area contributed by atoms with Crippen LogP contribution >= 0.6 is 11.8 Å². The van der Waals surface area contributed by atoms with E-state index in [9.17, 15) is 9.90 Å². The van der Waals surface area contributed by atoms with Gasteiger partial charge in [0.05, 0.1) is 0 Å². The van der Waals surface area contributed by atoms with E-state index in [0.29, 0.717) is 0 Å². The van der Waals surface area contributed by atoms with Gasteiger partial charge in [0.1, 0.15) is 6.10 Å². The molecule has 1 rings (SSSR count). The Morgan fingerprint density at radius 3 is 2.38 bits per heavy atom. The largest absolute Gasteiger partial charge is 0.383 e. The second kappa shape index (κ2) is 4.86. The molecule has 0 unspecified atom stereocenters. The summed E-state index contributed by atoms with van der Waals surface area (Å²) in [6.07, 6.45) is -0.817. The standard InChI is InChI=1S/C9H17NO2S/c1-7(2)8(11)9(12)10-3-5-13-6-4-10/h7-8,11H,3-6H2,1-2H3/t8-/m0/s1. The highest BCUT2D eigenvalue weighted by molar-refractivity contribution is 7.99. The van der Waals surface area contributed by atoms with Gasteiger partial charge in [-0.2, -0.15) is 11.8 Å². The third-order valence-electron chi connectivity index (χ3n) is 2.21. The van der Waals surface area contributed by atoms with Crippen molar-refractivity contribution in [1.82, 2.24) is 4.90 Å². The first-order valence-corrected chi connectivity index (χ1v) is 5.83. The monoisotopic (exact) mass is 203 g/mol. The van der Waals surface area contributed by atoms with Gasteiger partial charge in [-0.15, -0.1) is 0 Å². The number of nitrogens with zero attached hydrogens (tertiary/aromatic N) is 1. The number of carbonyl (C=O) groups excluding carboxylic acids is 1. The molecule has 3 nitrogen and oxygen atoms in total. The molecule has 0 aromatic carbocycles. The Bertz CT molecular complexity index is 178. The highest BCUT2D eigenvalue weighted by Crippen LogP contribution is 2.12. The van der Waals surface area contributed by atoms with Crippen molar-refractivity contribution in [3.63, 3.8) is 0 Å². The van der Waals surface area contributed by atoms with Crippen molar-refractivity contribution in [2.75, 3.05) is 24.6 Å². The smallest absolute Gasteiger partial charge is 0.251 e. The normalized spacial score (nSPS) is 20.5. The maximum Gasteiger partial charge on any atom is 0.251 e. The quantitative estimate of drug-likeness (QED) is 0.713. The molecule has 1 saturated heterocycles. The second-order valence-electron chi connectivity index (χ2n) is 3.63. The van der Waals surface area contributed by atoms with Crippen LogP contribution in [0.4, 0.5) is 0 Å². The van der Waals surface area contributed by atoms with E-state index in [2.05, 4.69) is 0 Å². The van der Waals surface area contributed by atoms with Crippen molar-refractivity contribution in [3.8, 4) is 0 Å². The number of aliphatic hydroxyl groups is 1.